The number of benzene rings is 1. The van der Waals surface area contributed by atoms with Gasteiger partial charge in [0.25, 0.3) is 0 Å². The molecule has 1 aromatic carbocycles. The first-order valence-corrected chi connectivity index (χ1v) is 6.20. The Kier molecular flexibility index (Phi) is 3.55. The van der Waals surface area contributed by atoms with Crippen molar-refractivity contribution in [2.75, 3.05) is 13.6 Å². The van der Waals surface area contributed by atoms with Crippen LogP contribution in [0.3, 0.4) is 0 Å². The third-order valence-electron chi connectivity index (χ3n) is 2.61. The zero-order chi connectivity index (χ0) is 11.4. The topological polar surface area (TPSA) is 27.0 Å². The maximum absolute atomic E-state index is 8.54. The Morgan fingerprint density at radius 2 is 2.19 bits per heavy atom. The molecule has 0 saturated carbocycles. The molecule has 1 aromatic heterocycles. The second-order valence-corrected chi connectivity index (χ2v) is 4.81. The van der Waals surface area contributed by atoms with Gasteiger partial charge in [-0.15, -0.1) is 11.3 Å². The molecule has 0 aliphatic rings. The van der Waals surface area contributed by atoms with Crippen LogP contribution in [-0.4, -0.2) is 18.5 Å². The minimum atomic E-state index is 0.596. The summed E-state index contributed by atoms with van der Waals surface area (Å²) >= 11 is 1.79. The van der Waals surface area contributed by atoms with Crippen molar-refractivity contribution < 1.29 is 0 Å². The maximum atomic E-state index is 8.54. The number of thiophene rings is 1. The lowest BCUT2D eigenvalue weighted by Crippen LogP contribution is -2.18. The van der Waals surface area contributed by atoms with Gasteiger partial charge in [-0.3, -0.25) is 0 Å². The van der Waals surface area contributed by atoms with Crippen molar-refractivity contribution >= 4 is 21.4 Å². The van der Waals surface area contributed by atoms with Crippen LogP contribution >= 0.6 is 11.3 Å². The van der Waals surface area contributed by atoms with Crippen LogP contribution in [0.15, 0.2) is 29.6 Å². The Morgan fingerprint density at radius 1 is 1.38 bits per heavy atom. The number of fused-ring (bicyclic) bond motifs is 1. The van der Waals surface area contributed by atoms with E-state index in [2.05, 4.69) is 47.7 Å². The van der Waals surface area contributed by atoms with Crippen molar-refractivity contribution in [3.8, 4) is 6.07 Å². The van der Waals surface area contributed by atoms with Gasteiger partial charge in [-0.1, -0.05) is 18.2 Å². The highest BCUT2D eigenvalue weighted by Gasteiger charge is 2.05. The molecule has 0 radical (unpaired) electrons. The van der Waals surface area contributed by atoms with E-state index in [9.17, 15) is 0 Å². The predicted molar refractivity (Wildman–Crippen MR) is 68.4 cm³/mol. The molecule has 2 nitrogen and oxygen atoms in total. The Hall–Kier alpha value is -1.37. The standard InChI is InChI=1S/C13H14N2S/c1-15(8-4-7-14)9-11-10-16-13-6-3-2-5-12(11)13/h2-3,5-6,10H,4,8-9H2,1H3. The maximum Gasteiger partial charge on any atom is 0.0635 e. The van der Waals surface area contributed by atoms with Crippen molar-refractivity contribution in [2.24, 2.45) is 0 Å². The summed E-state index contributed by atoms with van der Waals surface area (Å²) in [6, 6.07) is 10.6. The molecule has 0 aliphatic carbocycles. The van der Waals surface area contributed by atoms with Gasteiger partial charge in [0.05, 0.1) is 6.07 Å². The molecule has 3 heteroatoms. The lowest BCUT2D eigenvalue weighted by molar-refractivity contribution is 0.336. The van der Waals surface area contributed by atoms with Gasteiger partial charge < -0.3 is 4.90 Å². The zero-order valence-corrected chi connectivity index (χ0v) is 10.1. The zero-order valence-electron chi connectivity index (χ0n) is 9.31. The molecule has 0 amide bonds. The first kappa shape index (κ1) is 11.1. The number of nitriles is 1. The molecule has 2 rings (SSSR count). The second kappa shape index (κ2) is 5.11. The third-order valence-corrected chi connectivity index (χ3v) is 3.62. The van der Waals surface area contributed by atoms with Gasteiger partial charge in [-0.2, -0.15) is 5.26 Å². The van der Waals surface area contributed by atoms with Crippen LogP contribution in [0.4, 0.5) is 0 Å². The van der Waals surface area contributed by atoms with Gasteiger partial charge in [0, 0.05) is 24.2 Å². The fourth-order valence-electron chi connectivity index (χ4n) is 1.77. The number of hydrogen-bond acceptors (Lipinski definition) is 3. The molecule has 0 atom stereocenters. The highest BCUT2D eigenvalue weighted by molar-refractivity contribution is 7.17. The van der Waals surface area contributed by atoms with E-state index in [4.69, 9.17) is 5.26 Å². The van der Waals surface area contributed by atoms with E-state index in [0.29, 0.717) is 6.42 Å². The van der Waals surface area contributed by atoms with Crippen LogP contribution in [-0.2, 0) is 6.54 Å². The molecule has 0 fully saturated rings. The minimum Gasteiger partial charge on any atom is -0.301 e. The van der Waals surface area contributed by atoms with Crippen LogP contribution in [0, 0.1) is 11.3 Å². The van der Waals surface area contributed by atoms with E-state index in [-0.39, 0.29) is 0 Å². The summed E-state index contributed by atoms with van der Waals surface area (Å²) in [6.45, 7) is 1.76. The van der Waals surface area contributed by atoms with Crippen molar-refractivity contribution in [3.63, 3.8) is 0 Å². The van der Waals surface area contributed by atoms with Gasteiger partial charge in [0.1, 0.15) is 0 Å². The SMILES string of the molecule is CN(CCC#N)Cc1csc2ccccc12. The van der Waals surface area contributed by atoms with E-state index in [1.165, 1.54) is 15.6 Å². The Bertz CT molecular complexity index is 510. The first-order valence-electron chi connectivity index (χ1n) is 5.32. The van der Waals surface area contributed by atoms with Gasteiger partial charge in [0.15, 0.2) is 0 Å². The van der Waals surface area contributed by atoms with E-state index < -0.39 is 0 Å². The number of nitrogens with zero attached hydrogens (tertiary/aromatic N) is 2. The first-order chi connectivity index (χ1) is 7.81. The fourth-order valence-corrected chi connectivity index (χ4v) is 2.72. The highest BCUT2D eigenvalue weighted by atomic mass is 32.1. The summed E-state index contributed by atoms with van der Waals surface area (Å²) in [7, 11) is 2.06. The van der Waals surface area contributed by atoms with E-state index in [0.717, 1.165) is 13.1 Å². The molecule has 0 N–H and O–H groups in total. The molecular weight excluding hydrogens is 216 g/mol. The van der Waals surface area contributed by atoms with Gasteiger partial charge in [-0.05, 0) is 29.4 Å². The van der Waals surface area contributed by atoms with E-state index >= 15 is 0 Å². The second-order valence-electron chi connectivity index (χ2n) is 3.90. The molecule has 0 unspecified atom stereocenters. The van der Waals surface area contributed by atoms with Crippen LogP contribution in [0.1, 0.15) is 12.0 Å². The molecule has 82 valence electrons. The molecule has 1 heterocycles. The van der Waals surface area contributed by atoms with E-state index in [1.54, 1.807) is 11.3 Å². The Labute approximate surface area is 99.7 Å². The van der Waals surface area contributed by atoms with Crippen LogP contribution < -0.4 is 0 Å². The summed E-state index contributed by atoms with van der Waals surface area (Å²) in [5.41, 5.74) is 1.36. The molecule has 0 saturated heterocycles. The normalized spacial score (nSPS) is 10.8. The van der Waals surface area contributed by atoms with Crippen molar-refractivity contribution in [2.45, 2.75) is 13.0 Å². The predicted octanol–water partition coefficient (Wildman–Crippen LogP) is 3.25. The number of rotatable bonds is 4. The Balaban J connectivity index is 2.12. The van der Waals surface area contributed by atoms with Gasteiger partial charge in [0.2, 0.25) is 0 Å². The Morgan fingerprint density at radius 3 is 3.00 bits per heavy atom. The smallest absolute Gasteiger partial charge is 0.0635 e. The fraction of sp³-hybridized carbons (Fsp3) is 0.308. The summed E-state index contributed by atoms with van der Waals surface area (Å²) in [4.78, 5) is 2.19. The van der Waals surface area contributed by atoms with Crippen LogP contribution in [0.2, 0.25) is 0 Å². The molecular formula is C13H14N2S. The summed E-state index contributed by atoms with van der Waals surface area (Å²) in [6.07, 6.45) is 0.596. The molecule has 0 bridgehead atoms. The highest BCUT2D eigenvalue weighted by Crippen LogP contribution is 2.26. The van der Waals surface area contributed by atoms with Crippen molar-refractivity contribution in [3.05, 3.63) is 35.2 Å². The van der Waals surface area contributed by atoms with Crippen molar-refractivity contribution in [1.29, 1.82) is 5.26 Å². The molecule has 2 aromatic rings. The lowest BCUT2D eigenvalue weighted by atomic mass is 10.1. The molecule has 0 spiro atoms. The van der Waals surface area contributed by atoms with Gasteiger partial charge in [-0.25, -0.2) is 0 Å². The van der Waals surface area contributed by atoms with Crippen LogP contribution in [0.5, 0.6) is 0 Å². The van der Waals surface area contributed by atoms with Crippen molar-refractivity contribution in [1.82, 2.24) is 4.90 Å². The minimum absolute atomic E-state index is 0.596. The largest absolute Gasteiger partial charge is 0.301 e. The molecule has 16 heavy (non-hydrogen) atoms. The van der Waals surface area contributed by atoms with E-state index in [1.807, 2.05) is 0 Å². The van der Waals surface area contributed by atoms with Gasteiger partial charge >= 0.3 is 0 Å². The average molecular weight is 230 g/mol. The molecule has 0 aliphatic heterocycles. The third kappa shape index (κ3) is 2.41. The monoisotopic (exact) mass is 230 g/mol. The quantitative estimate of drug-likeness (QED) is 0.806. The number of hydrogen-bond donors (Lipinski definition) is 0. The lowest BCUT2D eigenvalue weighted by Gasteiger charge is -2.13. The summed E-state index contributed by atoms with van der Waals surface area (Å²) in [5, 5.41) is 12.1. The summed E-state index contributed by atoms with van der Waals surface area (Å²) in [5.74, 6) is 0. The van der Waals surface area contributed by atoms with Crippen LogP contribution in [0.25, 0.3) is 10.1 Å². The average Bonchev–Trinajstić information content (AvgIpc) is 2.70. The summed E-state index contributed by atoms with van der Waals surface area (Å²) < 4.78 is 1.34.